The lowest BCUT2D eigenvalue weighted by Crippen LogP contribution is -2.10. The predicted octanol–water partition coefficient (Wildman–Crippen LogP) is 2.56. The van der Waals surface area contributed by atoms with Crippen molar-refractivity contribution in [2.75, 3.05) is 13.2 Å². The van der Waals surface area contributed by atoms with Gasteiger partial charge in [-0.15, -0.1) is 0 Å². The monoisotopic (exact) mass is 267 g/mol. The van der Waals surface area contributed by atoms with Crippen molar-refractivity contribution in [1.29, 1.82) is 0 Å². The van der Waals surface area contributed by atoms with Gasteiger partial charge >= 0.3 is 0 Å². The average molecular weight is 267 g/mol. The predicted molar refractivity (Wildman–Crippen MR) is 78.1 cm³/mol. The van der Waals surface area contributed by atoms with E-state index in [4.69, 9.17) is 27.8 Å². The van der Waals surface area contributed by atoms with E-state index >= 15 is 0 Å². The largest absolute Gasteiger partial charge is 0.493 e. The first kappa shape index (κ1) is 14.9. The van der Waals surface area contributed by atoms with Crippen molar-refractivity contribution < 1.29 is 9.84 Å². The molecular formula is C14H21NO2S. The summed E-state index contributed by atoms with van der Waals surface area (Å²) in [6, 6.07) is 5.77. The molecule has 0 aliphatic rings. The molecule has 0 unspecified atom stereocenters. The van der Waals surface area contributed by atoms with Crippen LogP contribution in [0.15, 0.2) is 18.2 Å². The molecule has 0 saturated heterocycles. The van der Waals surface area contributed by atoms with E-state index in [1.54, 1.807) is 0 Å². The van der Waals surface area contributed by atoms with Crippen LogP contribution in [-0.4, -0.2) is 23.3 Å². The summed E-state index contributed by atoms with van der Waals surface area (Å²) in [7, 11) is 0. The van der Waals surface area contributed by atoms with E-state index < -0.39 is 0 Å². The average Bonchev–Trinajstić information content (AvgIpc) is 2.35. The minimum absolute atomic E-state index is 0.274. The van der Waals surface area contributed by atoms with Crippen molar-refractivity contribution in [3.05, 3.63) is 29.3 Å². The zero-order valence-electron chi connectivity index (χ0n) is 10.8. The molecular weight excluding hydrogens is 246 g/mol. The van der Waals surface area contributed by atoms with Crippen molar-refractivity contribution >= 4 is 17.2 Å². The summed E-state index contributed by atoms with van der Waals surface area (Å²) in [5, 5.41) is 8.66. The fraction of sp³-hybridized carbons (Fsp3) is 0.500. The summed E-state index contributed by atoms with van der Waals surface area (Å²) >= 11 is 4.95. The van der Waals surface area contributed by atoms with Crippen LogP contribution in [0.4, 0.5) is 0 Å². The molecule has 0 bridgehead atoms. The van der Waals surface area contributed by atoms with Gasteiger partial charge in [0, 0.05) is 12.2 Å². The molecule has 0 heterocycles. The van der Waals surface area contributed by atoms with E-state index in [2.05, 4.69) is 0 Å². The number of nitrogens with two attached hydrogens (primary N) is 1. The molecule has 0 atom stereocenters. The number of ether oxygens (including phenoxy) is 1. The standard InChI is InChI=1S/C14H21NO2S/c1-11-6-7-12(14(15)18)10-13(11)17-9-5-3-2-4-8-16/h6-7,10,16H,2-5,8-9H2,1H3,(H2,15,18). The maximum Gasteiger partial charge on any atom is 0.122 e. The number of hydrogen-bond donors (Lipinski definition) is 2. The molecule has 0 aromatic heterocycles. The lowest BCUT2D eigenvalue weighted by Gasteiger charge is -2.10. The fourth-order valence-electron chi connectivity index (χ4n) is 1.66. The number of hydrogen-bond acceptors (Lipinski definition) is 3. The minimum Gasteiger partial charge on any atom is -0.493 e. The highest BCUT2D eigenvalue weighted by Crippen LogP contribution is 2.20. The van der Waals surface area contributed by atoms with Crippen LogP contribution < -0.4 is 10.5 Å². The molecule has 100 valence electrons. The van der Waals surface area contributed by atoms with Gasteiger partial charge in [-0.05, 0) is 37.8 Å². The number of aliphatic hydroxyl groups is 1. The van der Waals surface area contributed by atoms with E-state index in [0.29, 0.717) is 11.6 Å². The molecule has 3 N–H and O–H groups in total. The summed E-state index contributed by atoms with van der Waals surface area (Å²) in [5.74, 6) is 0.849. The molecule has 0 amide bonds. The van der Waals surface area contributed by atoms with Crippen LogP contribution in [0.1, 0.15) is 36.8 Å². The lowest BCUT2D eigenvalue weighted by atomic mass is 10.1. The summed E-state index contributed by atoms with van der Waals surface area (Å²) in [5.41, 5.74) is 7.52. The van der Waals surface area contributed by atoms with Gasteiger partial charge < -0.3 is 15.6 Å². The van der Waals surface area contributed by atoms with E-state index in [9.17, 15) is 0 Å². The molecule has 4 heteroatoms. The molecule has 0 aliphatic heterocycles. The summed E-state index contributed by atoms with van der Waals surface area (Å²) in [4.78, 5) is 0.391. The van der Waals surface area contributed by atoms with Crippen molar-refractivity contribution in [2.45, 2.75) is 32.6 Å². The first-order chi connectivity index (χ1) is 8.65. The van der Waals surface area contributed by atoms with Crippen LogP contribution in [0.5, 0.6) is 5.75 Å². The van der Waals surface area contributed by atoms with Crippen LogP contribution >= 0.6 is 12.2 Å². The molecule has 0 radical (unpaired) electrons. The second-order valence-corrected chi connectivity index (χ2v) is 4.77. The normalized spacial score (nSPS) is 10.3. The maximum atomic E-state index is 8.66. The zero-order chi connectivity index (χ0) is 13.4. The molecule has 0 aliphatic carbocycles. The van der Waals surface area contributed by atoms with E-state index in [0.717, 1.165) is 42.6 Å². The quantitative estimate of drug-likeness (QED) is 0.561. The summed E-state index contributed by atoms with van der Waals surface area (Å²) < 4.78 is 5.73. The molecule has 0 fully saturated rings. The number of thiocarbonyl (C=S) groups is 1. The third-order valence-corrected chi connectivity index (χ3v) is 3.02. The van der Waals surface area contributed by atoms with Gasteiger partial charge in [0.2, 0.25) is 0 Å². The third kappa shape index (κ3) is 5.02. The van der Waals surface area contributed by atoms with Crippen LogP contribution in [0, 0.1) is 6.92 Å². The van der Waals surface area contributed by atoms with Gasteiger partial charge in [0.05, 0.1) is 6.61 Å². The summed E-state index contributed by atoms with van der Waals surface area (Å²) in [6.07, 6.45) is 3.99. The van der Waals surface area contributed by atoms with Crippen molar-refractivity contribution in [1.82, 2.24) is 0 Å². The van der Waals surface area contributed by atoms with Gasteiger partial charge in [0.15, 0.2) is 0 Å². The fourth-order valence-corrected chi connectivity index (χ4v) is 1.79. The van der Waals surface area contributed by atoms with Gasteiger partial charge in [-0.1, -0.05) is 30.8 Å². The van der Waals surface area contributed by atoms with Gasteiger partial charge in [0.25, 0.3) is 0 Å². The highest BCUT2D eigenvalue weighted by Gasteiger charge is 2.03. The van der Waals surface area contributed by atoms with Crippen LogP contribution in [0.2, 0.25) is 0 Å². The SMILES string of the molecule is Cc1ccc(C(N)=S)cc1OCCCCCCO. The first-order valence-electron chi connectivity index (χ1n) is 6.29. The van der Waals surface area contributed by atoms with Crippen LogP contribution in [0.25, 0.3) is 0 Å². The topological polar surface area (TPSA) is 55.5 Å². The molecule has 3 nitrogen and oxygen atoms in total. The van der Waals surface area contributed by atoms with E-state index in [1.807, 2.05) is 25.1 Å². The lowest BCUT2D eigenvalue weighted by molar-refractivity contribution is 0.273. The smallest absolute Gasteiger partial charge is 0.122 e. The Morgan fingerprint density at radius 2 is 2.00 bits per heavy atom. The Balaban J connectivity index is 2.41. The number of aliphatic hydroxyl groups excluding tert-OH is 1. The zero-order valence-corrected chi connectivity index (χ0v) is 11.6. The number of aryl methyl sites for hydroxylation is 1. The second kappa shape index (κ2) is 8.06. The Kier molecular flexibility index (Phi) is 6.68. The van der Waals surface area contributed by atoms with Gasteiger partial charge in [-0.3, -0.25) is 0 Å². The summed E-state index contributed by atoms with van der Waals surface area (Å²) in [6.45, 7) is 2.97. The number of rotatable bonds is 8. The first-order valence-corrected chi connectivity index (χ1v) is 6.70. The maximum absolute atomic E-state index is 8.66. The Morgan fingerprint density at radius 3 is 2.67 bits per heavy atom. The van der Waals surface area contributed by atoms with E-state index in [1.165, 1.54) is 0 Å². The molecule has 18 heavy (non-hydrogen) atoms. The van der Waals surface area contributed by atoms with E-state index in [-0.39, 0.29) is 6.61 Å². The highest BCUT2D eigenvalue weighted by atomic mass is 32.1. The molecule has 0 spiro atoms. The number of unbranched alkanes of at least 4 members (excludes halogenated alkanes) is 3. The van der Waals surface area contributed by atoms with Gasteiger partial charge in [0.1, 0.15) is 10.7 Å². The van der Waals surface area contributed by atoms with Gasteiger partial charge in [-0.2, -0.15) is 0 Å². The Morgan fingerprint density at radius 1 is 1.28 bits per heavy atom. The van der Waals surface area contributed by atoms with Gasteiger partial charge in [-0.25, -0.2) is 0 Å². The Bertz CT molecular complexity index is 393. The van der Waals surface area contributed by atoms with Crippen molar-refractivity contribution in [2.24, 2.45) is 5.73 Å². The molecule has 1 rings (SSSR count). The molecule has 1 aromatic carbocycles. The molecule has 1 aromatic rings. The van der Waals surface area contributed by atoms with Crippen LogP contribution in [-0.2, 0) is 0 Å². The Hall–Kier alpha value is -1.13. The molecule has 0 saturated carbocycles. The van der Waals surface area contributed by atoms with Crippen LogP contribution in [0.3, 0.4) is 0 Å². The third-order valence-electron chi connectivity index (χ3n) is 2.78. The number of benzene rings is 1. The Labute approximate surface area is 114 Å². The minimum atomic E-state index is 0.274. The van der Waals surface area contributed by atoms with Crippen molar-refractivity contribution in [3.63, 3.8) is 0 Å². The highest BCUT2D eigenvalue weighted by molar-refractivity contribution is 7.80. The second-order valence-electron chi connectivity index (χ2n) is 4.33. The van der Waals surface area contributed by atoms with Crippen molar-refractivity contribution in [3.8, 4) is 5.75 Å².